The maximum atomic E-state index is 6.39. The molecule has 28 heavy (non-hydrogen) atoms. The molecule has 3 rings (SSSR count). The molecular weight excluding hydrogens is 368 g/mol. The number of nitrogens with zero attached hydrogens (tertiary/aromatic N) is 2. The minimum atomic E-state index is 0.449. The second kappa shape index (κ2) is 9.22. The highest BCUT2D eigenvalue weighted by Gasteiger charge is 2.13. The molecule has 1 aromatic heterocycles. The van der Waals surface area contributed by atoms with Crippen LogP contribution >= 0.6 is 11.6 Å². The Morgan fingerprint density at radius 2 is 1.79 bits per heavy atom. The topological polar surface area (TPSA) is 25.4 Å². The molecule has 0 radical (unpaired) electrons. The zero-order valence-corrected chi connectivity index (χ0v) is 17.7. The number of aryl methyl sites for hydroxylation is 1. The van der Waals surface area contributed by atoms with Gasteiger partial charge < -0.3 is 9.64 Å². The molecule has 1 atom stereocenters. The van der Waals surface area contributed by atoms with E-state index in [1.54, 1.807) is 0 Å². The van der Waals surface area contributed by atoms with Crippen molar-refractivity contribution >= 4 is 11.6 Å². The van der Waals surface area contributed by atoms with Crippen LogP contribution in [0.5, 0.6) is 5.75 Å². The van der Waals surface area contributed by atoms with Crippen LogP contribution in [0.3, 0.4) is 0 Å². The molecule has 1 unspecified atom stereocenters. The van der Waals surface area contributed by atoms with Gasteiger partial charge in [0, 0.05) is 23.4 Å². The predicted molar refractivity (Wildman–Crippen MR) is 118 cm³/mol. The standard InChI is InChI=1S/C24H27ClN2O/c1-17-8-5-6-9-20(17)21-10-7-14-26-24(21)19-11-12-22(25)23(16-19)28-15-13-18(2)27(3)4/h5-12,14,16,18H,13,15H2,1-4H3. The highest BCUT2D eigenvalue weighted by molar-refractivity contribution is 6.32. The van der Waals surface area contributed by atoms with Gasteiger partial charge in [0.1, 0.15) is 5.75 Å². The van der Waals surface area contributed by atoms with Crippen molar-refractivity contribution in [3.8, 4) is 28.1 Å². The van der Waals surface area contributed by atoms with Gasteiger partial charge in [-0.3, -0.25) is 4.98 Å². The van der Waals surface area contributed by atoms with Crippen LogP contribution in [0.2, 0.25) is 5.02 Å². The fraction of sp³-hybridized carbons (Fsp3) is 0.292. The van der Waals surface area contributed by atoms with Crippen LogP contribution in [0.15, 0.2) is 60.8 Å². The Labute approximate surface area is 172 Å². The summed E-state index contributed by atoms with van der Waals surface area (Å²) in [6, 6.07) is 18.8. The first kappa shape index (κ1) is 20.4. The lowest BCUT2D eigenvalue weighted by Crippen LogP contribution is -2.26. The second-order valence-electron chi connectivity index (χ2n) is 7.31. The number of rotatable bonds is 7. The average Bonchev–Trinajstić information content (AvgIpc) is 2.69. The summed E-state index contributed by atoms with van der Waals surface area (Å²) in [6.07, 6.45) is 2.76. The van der Waals surface area contributed by atoms with Crippen molar-refractivity contribution in [3.63, 3.8) is 0 Å². The van der Waals surface area contributed by atoms with Crippen LogP contribution in [-0.4, -0.2) is 36.6 Å². The van der Waals surface area contributed by atoms with Crippen molar-refractivity contribution in [3.05, 3.63) is 71.4 Å². The van der Waals surface area contributed by atoms with Gasteiger partial charge in [-0.05, 0) is 63.7 Å². The van der Waals surface area contributed by atoms with Gasteiger partial charge in [0.25, 0.3) is 0 Å². The Bertz CT molecular complexity index is 939. The summed E-state index contributed by atoms with van der Waals surface area (Å²) in [5, 5.41) is 0.620. The van der Waals surface area contributed by atoms with E-state index in [0.29, 0.717) is 23.4 Å². The van der Waals surface area contributed by atoms with Crippen molar-refractivity contribution in [2.24, 2.45) is 0 Å². The monoisotopic (exact) mass is 394 g/mol. The third-order valence-electron chi connectivity index (χ3n) is 5.12. The largest absolute Gasteiger partial charge is 0.492 e. The lowest BCUT2D eigenvalue weighted by atomic mass is 9.96. The molecule has 0 aliphatic rings. The van der Waals surface area contributed by atoms with Gasteiger partial charge in [-0.1, -0.05) is 48.0 Å². The number of pyridine rings is 1. The van der Waals surface area contributed by atoms with Gasteiger partial charge in [-0.2, -0.15) is 0 Å². The molecule has 0 bridgehead atoms. The van der Waals surface area contributed by atoms with E-state index < -0.39 is 0 Å². The first-order valence-corrected chi connectivity index (χ1v) is 9.95. The number of ether oxygens (including phenoxy) is 1. The molecular formula is C24H27ClN2O. The Balaban J connectivity index is 1.90. The van der Waals surface area contributed by atoms with Crippen molar-refractivity contribution in [1.29, 1.82) is 0 Å². The maximum absolute atomic E-state index is 6.39. The normalized spacial score (nSPS) is 12.2. The second-order valence-corrected chi connectivity index (χ2v) is 7.72. The molecule has 3 aromatic rings. The molecule has 0 aliphatic heterocycles. The molecule has 0 saturated heterocycles. The zero-order valence-electron chi connectivity index (χ0n) is 16.9. The van der Waals surface area contributed by atoms with Crippen LogP contribution in [0.4, 0.5) is 0 Å². The van der Waals surface area contributed by atoms with Gasteiger partial charge in [-0.25, -0.2) is 0 Å². The van der Waals surface area contributed by atoms with Gasteiger partial charge >= 0.3 is 0 Å². The number of halogens is 1. The highest BCUT2D eigenvalue weighted by atomic mass is 35.5. The average molecular weight is 395 g/mol. The number of benzene rings is 2. The molecule has 0 saturated carbocycles. The highest BCUT2D eigenvalue weighted by Crippen LogP contribution is 2.35. The van der Waals surface area contributed by atoms with Crippen molar-refractivity contribution in [1.82, 2.24) is 9.88 Å². The van der Waals surface area contributed by atoms with Crippen molar-refractivity contribution < 1.29 is 4.74 Å². The molecule has 0 aliphatic carbocycles. The molecule has 1 heterocycles. The number of aromatic nitrogens is 1. The van der Waals surface area contributed by atoms with Gasteiger partial charge in [-0.15, -0.1) is 0 Å². The summed E-state index contributed by atoms with van der Waals surface area (Å²) >= 11 is 6.39. The first-order valence-electron chi connectivity index (χ1n) is 9.57. The fourth-order valence-electron chi connectivity index (χ4n) is 3.09. The van der Waals surface area contributed by atoms with E-state index in [0.717, 1.165) is 23.2 Å². The van der Waals surface area contributed by atoms with E-state index in [4.69, 9.17) is 16.3 Å². The first-order chi connectivity index (χ1) is 13.5. The number of hydrogen-bond donors (Lipinski definition) is 0. The van der Waals surface area contributed by atoms with Gasteiger partial charge in [0.05, 0.1) is 17.3 Å². The van der Waals surface area contributed by atoms with E-state index in [9.17, 15) is 0 Å². The van der Waals surface area contributed by atoms with E-state index >= 15 is 0 Å². The third kappa shape index (κ3) is 4.73. The number of hydrogen-bond acceptors (Lipinski definition) is 3. The fourth-order valence-corrected chi connectivity index (χ4v) is 3.26. The molecule has 4 heteroatoms. The molecule has 146 valence electrons. The van der Waals surface area contributed by atoms with Gasteiger partial charge in [0.15, 0.2) is 0 Å². The van der Waals surface area contributed by atoms with Crippen LogP contribution in [0, 0.1) is 6.92 Å². The van der Waals surface area contributed by atoms with Gasteiger partial charge in [0.2, 0.25) is 0 Å². The lowest BCUT2D eigenvalue weighted by molar-refractivity contribution is 0.233. The summed E-state index contributed by atoms with van der Waals surface area (Å²) in [6.45, 7) is 4.92. The SMILES string of the molecule is Cc1ccccc1-c1cccnc1-c1ccc(Cl)c(OCCC(C)N(C)C)c1. The molecule has 0 fully saturated rings. The van der Waals surface area contributed by atoms with E-state index in [1.807, 2.05) is 30.5 Å². The molecule has 0 N–H and O–H groups in total. The van der Waals surface area contributed by atoms with E-state index in [-0.39, 0.29) is 0 Å². The smallest absolute Gasteiger partial charge is 0.138 e. The van der Waals surface area contributed by atoms with Crippen molar-refractivity contribution in [2.75, 3.05) is 20.7 Å². The molecule has 0 spiro atoms. The van der Waals surface area contributed by atoms with E-state index in [1.165, 1.54) is 11.1 Å². The van der Waals surface area contributed by atoms with Crippen LogP contribution in [-0.2, 0) is 0 Å². The summed E-state index contributed by atoms with van der Waals surface area (Å²) in [5.41, 5.74) is 5.44. The third-order valence-corrected chi connectivity index (χ3v) is 5.43. The molecule has 2 aromatic carbocycles. The Hall–Kier alpha value is -2.36. The Kier molecular flexibility index (Phi) is 6.71. The Morgan fingerprint density at radius 3 is 2.54 bits per heavy atom. The Morgan fingerprint density at radius 1 is 1.04 bits per heavy atom. The summed E-state index contributed by atoms with van der Waals surface area (Å²) < 4.78 is 6.00. The summed E-state index contributed by atoms with van der Waals surface area (Å²) in [7, 11) is 4.15. The summed E-state index contributed by atoms with van der Waals surface area (Å²) in [5.74, 6) is 0.700. The maximum Gasteiger partial charge on any atom is 0.138 e. The van der Waals surface area contributed by atoms with Crippen molar-refractivity contribution in [2.45, 2.75) is 26.3 Å². The summed E-state index contributed by atoms with van der Waals surface area (Å²) in [4.78, 5) is 6.85. The predicted octanol–water partition coefficient (Wildman–Crippen LogP) is 6.10. The van der Waals surface area contributed by atoms with E-state index in [2.05, 4.69) is 68.2 Å². The lowest BCUT2D eigenvalue weighted by Gasteiger charge is -2.20. The minimum absolute atomic E-state index is 0.449. The molecule has 0 amide bonds. The quantitative estimate of drug-likeness (QED) is 0.484. The van der Waals surface area contributed by atoms with Crippen LogP contribution in [0.25, 0.3) is 22.4 Å². The van der Waals surface area contributed by atoms with Crippen LogP contribution < -0.4 is 4.74 Å². The van der Waals surface area contributed by atoms with Crippen LogP contribution in [0.1, 0.15) is 18.9 Å². The minimum Gasteiger partial charge on any atom is -0.492 e. The molecule has 3 nitrogen and oxygen atoms in total. The zero-order chi connectivity index (χ0) is 20.1.